The molecule has 2 heterocycles. The van der Waals surface area contributed by atoms with Crippen LogP contribution < -0.4 is 4.90 Å². The van der Waals surface area contributed by atoms with Gasteiger partial charge in [0.25, 0.3) is 0 Å². The molecule has 1 aromatic heterocycles. The van der Waals surface area contributed by atoms with Gasteiger partial charge in [0, 0.05) is 18.5 Å². The van der Waals surface area contributed by atoms with Crippen LogP contribution in [0.2, 0.25) is 0 Å². The van der Waals surface area contributed by atoms with Crippen LogP contribution in [0.25, 0.3) is 0 Å². The number of piperidine rings is 1. The third-order valence-electron chi connectivity index (χ3n) is 5.12. The minimum absolute atomic E-state index is 0.0143. The highest BCUT2D eigenvalue weighted by molar-refractivity contribution is 5.38. The van der Waals surface area contributed by atoms with Crippen molar-refractivity contribution in [2.75, 3.05) is 24.6 Å². The molecule has 24 heavy (non-hydrogen) atoms. The second kappa shape index (κ2) is 7.75. The van der Waals surface area contributed by atoms with E-state index in [9.17, 15) is 5.11 Å². The Bertz CT molecular complexity index is 629. The van der Waals surface area contributed by atoms with Gasteiger partial charge < -0.3 is 10.0 Å². The molecule has 1 N–H and O–H groups in total. The number of nitrogens with zero attached hydrogens (tertiary/aromatic N) is 3. The summed E-state index contributed by atoms with van der Waals surface area (Å²) in [5.74, 6) is 0.932. The number of aryl methyl sites for hydroxylation is 2. The first kappa shape index (κ1) is 16.9. The molecule has 0 saturated carbocycles. The fraction of sp³-hybridized carbons (Fsp3) is 0.500. The van der Waals surface area contributed by atoms with Crippen molar-refractivity contribution in [2.45, 2.75) is 39.0 Å². The number of aromatic nitrogens is 2. The van der Waals surface area contributed by atoms with Crippen molar-refractivity contribution >= 4 is 5.82 Å². The molecule has 3 rings (SSSR count). The average Bonchev–Trinajstić information content (AvgIpc) is 2.63. The minimum atomic E-state index is -0.0143. The Morgan fingerprint density at radius 1 is 1.12 bits per heavy atom. The molecule has 0 amide bonds. The van der Waals surface area contributed by atoms with Crippen molar-refractivity contribution in [1.82, 2.24) is 10.2 Å². The first-order valence-electron chi connectivity index (χ1n) is 8.91. The molecule has 2 aromatic rings. The Hall–Kier alpha value is -1.94. The summed E-state index contributed by atoms with van der Waals surface area (Å²) in [5, 5.41) is 18.6. The topological polar surface area (TPSA) is 49.2 Å². The highest BCUT2D eigenvalue weighted by atomic mass is 16.3. The predicted molar refractivity (Wildman–Crippen MR) is 97.1 cm³/mol. The molecule has 1 aliphatic rings. The second-order valence-electron chi connectivity index (χ2n) is 7.06. The van der Waals surface area contributed by atoms with E-state index in [1.54, 1.807) is 0 Å². The van der Waals surface area contributed by atoms with Gasteiger partial charge in [0.15, 0.2) is 5.82 Å². The van der Waals surface area contributed by atoms with Crippen LogP contribution in [0.1, 0.15) is 36.9 Å². The van der Waals surface area contributed by atoms with Crippen molar-refractivity contribution in [3.8, 4) is 0 Å². The largest absolute Gasteiger partial charge is 0.396 e. The van der Waals surface area contributed by atoms with E-state index in [1.165, 1.54) is 5.56 Å². The van der Waals surface area contributed by atoms with Gasteiger partial charge in [-0.2, -0.15) is 5.10 Å². The van der Waals surface area contributed by atoms with E-state index in [4.69, 9.17) is 0 Å². The van der Waals surface area contributed by atoms with Gasteiger partial charge in [0.1, 0.15) is 0 Å². The van der Waals surface area contributed by atoms with Gasteiger partial charge in [-0.15, -0.1) is 5.10 Å². The maximum Gasteiger partial charge on any atom is 0.151 e. The van der Waals surface area contributed by atoms with Crippen LogP contribution in [0.15, 0.2) is 42.5 Å². The van der Waals surface area contributed by atoms with Crippen molar-refractivity contribution in [1.29, 1.82) is 0 Å². The average molecular weight is 325 g/mol. The molecule has 4 heteroatoms. The molecular weight excluding hydrogens is 298 g/mol. The fourth-order valence-corrected chi connectivity index (χ4v) is 3.69. The lowest BCUT2D eigenvalue weighted by molar-refractivity contribution is 0.0938. The maximum absolute atomic E-state index is 10.1. The van der Waals surface area contributed by atoms with Gasteiger partial charge in [-0.05, 0) is 56.7 Å². The van der Waals surface area contributed by atoms with E-state index in [-0.39, 0.29) is 12.0 Å². The maximum atomic E-state index is 10.1. The lowest BCUT2D eigenvalue weighted by Gasteiger charge is -2.42. The van der Waals surface area contributed by atoms with E-state index in [2.05, 4.69) is 45.4 Å². The number of aliphatic hydroxyl groups excluding tert-OH is 1. The van der Waals surface area contributed by atoms with Crippen LogP contribution in [0, 0.1) is 12.3 Å². The highest BCUT2D eigenvalue weighted by Crippen LogP contribution is 2.36. The predicted octanol–water partition coefficient (Wildman–Crippen LogP) is 3.39. The van der Waals surface area contributed by atoms with Gasteiger partial charge in [-0.1, -0.05) is 30.3 Å². The van der Waals surface area contributed by atoms with Crippen LogP contribution in [0.5, 0.6) is 0 Å². The lowest BCUT2D eigenvalue weighted by Crippen LogP contribution is -2.46. The van der Waals surface area contributed by atoms with E-state index in [0.29, 0.717) is 0 Å². The molecule has 1 fully saturated rings. The quantitative estimate of drug-likeness (QED) is 0.884. The fourth-order valence-electron chi connectivity index (χ4n) is 3.69. The van der Waals surface area contributed by atoms with Gasteiger partial charge in [-0.25, -0.2) is 0 Å². The number of anilines is 1. The Kier molecular flexibility index (Phi) is 5.46. The second-order valence-corrected chi connectivity index (χ2v) is 7.06. The van der Waals surface area contributed by atoms with E-state index in [0.717, 1.165) is 56.7 Å². The first-order chi connectivity index (χ1) is 11.7. The molecule has 0 unspecified atom stereocenters. The Labute approximate surface area is 144 Å². The SMILES string of the molecule is Cc1ccc(N2CCC[C@@](CO)(CCCc3ccccc3)C2)nn1. The molecule has 0 spiro atoms. The van der Waals surface area contributed by atoms with Crippen molar-refractivity contribution < 1.29 is 5.11 Å². The summed E-state index contributed by atoms with van der Waals surface area (Å²) in [6, 6.07) is 14.7. The van der Waals surface area contributed by atoms with Gasteiger partial charge >= 0.3 is 0 Å². The molecule has 0 radical (unpaired) electrons. The molecular formula is C20H27N3O. The van der Waals surface area contributed by atoms with Crippen molar-refractivity contribution in [2.24, 2.45) is 5.41 Å². The van der Waals surface area contributed by atoms with E-state index < -0.39 is 0 Å². The molecule has 0 aliphatic carbocycles. The Morgan fingerprint density at radius 3 is 2.67 bits per heavy atom. The highest BCUT2D eigenvalue weighted by Gasteiger charge is 2.35. The van der Waals surface area contributed by atoms with Crippen LogP contribution >= 0.6 is 0 Å². The summed E-state index contributed by atoms with van der Waals surface area (Å²) >= 11 is 0. The lowest BCUT2D eigenvalue weighted by atomic mass is 9.76. The smallest absolute Gasteiger partial charge is 0.151 e. The van der Waals surface area contributed by atoms with E-state index in [1.807, 2.05) is 19.1 Å². The summed E-state index contributed by atoms with van der Waals surface area (Å²) in [6.45, 7) is 4.07. The molecule has 0 bridgehead atoms. The molecule has 1 aromatic carbocycles. The third kappa shape index (κ3) is 4.12. The zero-order valence-electron chi connectivity index (χ0n) is 14.5. The van der Waals surface area contributed by atoms with Gasteiger partial charge in [0.2, 0.25) is 0 Å². The molecule has 128 valence electrons. The third-order valence-corrected chi connectivity index (χ3v) is 5.12. The zero-order valence-corrected chi connectivity index (χ0v) is 14.5. The molecule has 1 saturated heterocycles. The standard InChI is InChI=1S/C20H27N3O/c1-17-10-11-19(22-21-17)23-14-6-13-20(15-23,16-24)12-5-9-18-7-3-2-4-8-18/h2-4,7-8,10-11,24H,5-6,9,12-16H2,1H3/t20-/m0/s1. The number of hydrogen-bond donors (Lipinski definition) is 1. The van der Waals surface area contributed by atoms with Crippen LogP contribution in [-0.4, -0.2) is 35.0 Å². The summed E-state index contributed by atoms with van der Waals surface area (Å²) in [7, 11) is 0. The minimum Gasteiger partial charge on any atom is -0.396 e. The summed E-state index contributed by atoms with van der Waals surface area (Å²) in [5.41, 5.74) is 2.30. The molecule has 4 nitrogen and oxygen atoms in total. The Balaban J connectivity index is 1.62. The van der Waals surface area contributed by atoms with Crippen LogP contribution in [0.4, 0.5) is 5.82 Å². The monoisotopic (exact) mass is 325 g/mol. The summed E-state index contributed by atoms with van der Waals surface area (Å²) in [4.78, 5) is 2.29. The number of hydrogen-bond acceptors (Lipinski definition) is 4. The Morgan fingerprint density at radius 2 is 1.96 bits per heavy atom. The number of aliphatic hydroxyl groups is 1. The van der Waals surface area contributed by atoms with Crippen LogP contribution in [0.3, 0.4) is 0 Å². The normalized spacial score (nSPS) is 21.0. The van der Waals surface area contributed by atoms with Gasteiger partial charge in [0.05, 0.1) is 12.3 Å². The van der Waals surface area contributed by atoms with Crippen molar-refractivity contribution in [3.63, 3.8) is 0 Å². The first-order valence-corrected chi connectivity index (χ1v) is 8.91. The van der Waals surface area contributed by atoms with Crippen molar-refractivity contribution in [3.05, 3.63) is 53.7 Å². The molecule has 1 atom stereocenters. The van der Waals surface area contributed by atoms with Crippen LogP contribution in [-0.2, 0) is 6.42 Å². The van der Waals surface area contributed by atoms with Gasteiger partial charge in [-0.3, -0.25) is 0 Å². The zero-order chi connectivity index (χ0) is 16.8. The summed E-state index contributed by atoms with van der Waals surface area (Å²) < 4.78 is 0. The number of benzene rings is 1. The summed E-state index contributed by atoms with van der Waals surface area (Å²) in [6.07, 6.45) is 5.43. The van der Waals surface area contributed by atoms with E-state index >= 15 is 0 Å². The number of rotatable bonds is 6. The molecule has 1 aliphatic heterocycles.